The molecule has 0 saturated carbocycles. The van der Waals surface area contributed by atoms with Crippen molar-refractivity contribution in [1.82, 2.24) is 4.57 Å². The van der Waals surface area contributed by atoms with Crippen LogP contribution in [0.15, 0.2) is 35.3 Å². The molecule has 0 radical (unpaired) electrons. The molecule has 2 amide bonds. The monoisotopic (exact) mass is 317 g/mol. The number of benzene rings is 1. The first-order valence-electron chi connectivity index (χ1n) is 6.88. The number of nitrogens with two attached hydrogens (primary N) is 2. The molecule has 23 heavy (non-hydrogen) atoms. The zero-order valence-corrected chi connectivity index (χ0v) is 12.7. The van der Waals surface area contributed by atoms with Gasteiger partial charge in [-0.25, -0.2) is 4.39 Å². The fraction of sp³-hybridized carbons (Fsp3) is 0.188. The van der Waals surface area contributed by atoms with Crippen LogP contribution in [0.5, 0.6) is 0 Å². The molecule has 2 rings (SSSR count). The van der Waals surface area contributed by atoms with Gasteiger partial charge in [-0.3, -0.25) is 14.4 Å². The first-order chi connectivity index (χ1) is 10.7. The number of hydrogen-bond donors (Lipinski definition) is 2. The van der Waals surface area contributed by atoms with Gasteiger partial charge in [0.2, 0.25) is 5.43 Å². The van der Waals surface area contributed by atoms with Crippen molar-refractivity contribution in [3.05, 3.63) is 57.8 Å². The van der Waals surface area contributed by atoms with Crippen LogP contribution in [0.2, 0.25) is 0 Å². The number of nitrogens with zero attached hydrogens (tertiary/aromatic N) is 1. The summed E-state index contributed by atoms with van der Waals surface area (Å²) in [6.07, 6.45) is 1.22. The lowest BCUT2D eigenvalue weighted by Crippen LogP contribution is -2.31. The number of pyridine rings is 1. The SMILES string of the molecule is CC(C)n1cc(C(N)=O)c(=O)c(-c2ccc(F)cc2)c1C(N)=O. The number of hydrogen-bond acceptors (Lipinski definition) is 3. The minimum Gasteiger partial charge on any atom is -0.365 e. The predicted molar refractivity (Wildman–Crippen MR) is 83.5 cm³/mol. The molecule has 0 aliphatic heterocycles. The first-order valence-corrected chi connectivity index (χ1v) is 6.88. The van der Waals surface area contributed by atoms with E-state index in [9.17, 15) is 18.8 Å². The van der Waals surface area contributed by atoms with E-state index in [1.807, 2.05) is 0 Å². The summed E-state index contributed by atoms with van der Waals surface area (Å²) in [6, 6.07) is 4.73. The molecule has 0 atom stereocenters. The van der Waals surface area contributed by atoms with Crippen molar-refractivity contribution in [2.24, 2.45) is 11.5 Å². The molecule has 4 N–H and O–H groups in total. The van der Waals surface area contributed by atoms with Crippen LogP contribution in [-0.4, -0.2) is 16.4 Å². The van der Waals surface area contributed by atoms with E-state index < -0.39 is 23.1 Å². The second-order valence-electron chi connectivity index (χ2n) is 5.33. The fourth-order valence-electron chi connectivity index (χ4n) is 2.35. The lowest BCUT2D eigenvalue weighted by molar-refractivity contribution is 0.0978. The van der Waals surface area contributed by atoms with Gasteiger partial charge in [0.1, 0.15) is 17.1 Å². The van der Waals surface area contributed by atoms with E-state index in [4.69, 9.17) is 11.5 Å². The summed E-state index contributed by atoms with van der Waals surface area (Å²) >= 11 is 0. The Morgan fingerprint density at radius 2 is 1.65 bits per heavy atom. The highest BCUT2D eigenvalue weighted by Gasteiger charge is 2.24. The summed E-state index contributed by atoms with van der Waals surface area (Å²) in [5.41, 5.74) is 9.86. The molecular formula is C16H16FN3O3. The van der Waals surface area contributed by atoms with Gasteiger partial charge in [-0.05, 0) is 31.5 Å². The molecular weight excluding hydrogens is 301 g/mol. The van der Waals surface area contributed by atoms with Gasteiger partial charge in [-0.2, -0.15) is 0 Å². The second-order valence-corrected chi connectivity index (χ2v) is 5.33. The first kappa shape index (κ1) is 16.4. The van der Waals surface area contributed by atoms with E-state index in [0.29, 0.717) is 0 Å². The van der Waals surface area contributed by atoms with Crippen LogP contribution in [0.4, 0.5) is 4.39 Å². The topological polar surface area (TPSA) is 108 Å². The van der Waals surface area contributed by atoms with Gasteiger partial charge in [0.25, 0.3) is 11.8 Å². The van der Waals surface area contributed by atoms with Crippen LogP contribution in [0.1, 0.15) is 40.7 Å². The molecule has 0 spiro atoms. The van der Waals surface area contributed by atoms with Crippen molar-refractivity contribution in [3.63, 3.8) is 0 Å². The Labute approximate surface area is 131 Å². The highest BCUT2D eigenvalue weighted by Crippen LogP contribution is 2.23. The fourth-order valence-corrected chi connectivity index (χ4v) is 2.35. The van der Waals surface area contributed by atoms with Crippen molar-refractivity contribution in [3.8, 4) is 11.1 Å². The van der Waals surface area contributed by atoms with Gasteiger partial charge < -0.3 is 16.0 Å². The summed E-state index contributed by atoms with van der Waals surface area (Å²) in [6.45, 7) is 3.52. The van der Waals surface area contributed by atoms with E-state index in [0.717, 1.165) is 12.1 Å². The van der Waals surface area contributed by atoms with Crippen LogP contribution in [0, 0.1) is 5.82 Å². The molecule has 1 aromatic heterocycles. The number of aromatic nitrogens is 1. The van der Waals surface area contributed by atoms with Crippen LogP contribution < -0.4 is 16.9 Å². The highest BCUT2D eigenvalue weighted by molar-refractivity contribution is 6.01. The van der Waals surface area contributed by atoms with E-state index in [1.165, 1.54) is 22.9 Å². The van der Waals surface area contributed by atoms with E-state index in [-0.39, 0.29) is 28.4 Å². The van der Waals surface area contributed by atoms with Crippen molar-refractivity contribution in [1.29, 1.82) is 0 Å². The van der Waals surface area contributed by atoms with Crippen LogP contribution in [-0.2, 0) is 0 Å². The van der Waals surface area contributed by atoms with E-state index in [1.54, 1.807) is 13.8 Å². The maximum atomic E-state index is 13.1. The summed E-state index contributed by atoms with van der Waals surface area (Å²) in [5.74, 6) is -2.24. The Morgan fingerprint density at radius 3 is 2.09 bits per heavy atom. The van der Waals surface area contributed by atoms with Crippen LogP contribution in [0.25, 0.3) is 11.1 Å². The van der Waals surface area contributed by atoms with Crippen molar-refractivity contribution < 1.29 is 14.0 Å². The molecule has 0 unspecified atom stereocenters. The third-order valence-corrected chi connectivity index (χ3v) is 3.42. The van der Waals surface area contributed by atoms with Gasteiger partial charge >= 0.3 is 0 Å². The quantitative estimate of drug-likeness (QED) is 0.890. The number of rotatable bonds is 4. The second kappa shape index (κ2) is 6.04. The molecule has 0 aliphatic carbocycles. The molecule has 0 bridgehead atoms. The third-order valence-electron chi connectivity index (χ3n) is 3.42. The highest BCUT2D eigenvalue weighted by atomic mass is 19.1. The zero-order chi connectivity index (χ0) is 17.3. The van der Waals surface area contributed by atoms with E-state index in [2.05, 4.69) is 0 Å². The average molecular weight is 317 g/mol. The molecule has 0 aliphatic rings. The maximum Gasteiger partial charge on any atom is 0.266 e. The largest absolute Gasteiger partial charge is 0.365 e. The van der Waals surface area contributed by atoms with E-state index >= 15 is 0 Å². The normalized spacial score (nSPS) is 10.8. The van der Waals surface area contributed by atoms with Gasteiger partial charge in [0, 0.05) is 12.2 Å². The zero-order valence-electron chi connectivity index (χ0n) is 12.7. The van der Waals surface area contributed by atoms with Gasteiger partial charge in [0.05, 0.1) is 5.56 Å². The average Bonchev–Trinajstić information content (AvgIpc) is 2.46. The molecule has 1 aromatic carbocycles. The maximum absolute atomic E-state index is 13.1. The summed E-state index contributed by atoms with van der Waals surface area (Å²) < 4.78 is 14.5. The molecule has 2 aromatic rings. The Hall–Kier alpha value is -2.96. The van der Waals surface area contributed by atoms with Gasteiger partial charge in [-0.1, -0.05) is 12.1 Å². The number of amides is 2. The molecule has 7 heteroatoms. The third kappa shape index (κ3) is 2.98. The smallest absolute Gasteiger partial charge is 0.266 e. The standard InChI is InChI=1S/C16H16FN3O3/c1-8(2)20-7-11(15(18)22)14(21)12(13(20)16(19)23)9-3-5-10(17)6-4-9/h3-8H,1-2H3,(H2,18,22)(H2,19,23). The molecule has 0 saturated heterocycles. The molecule has 6 nitrogen and oxygen atoms in total. The summed E-state index contributed by atoms with van der Waals surface area (Å²) in [4.78, 5) is 36.0. The van der Waals surface area contributed by atoms with Gasteiger partial charge in [-0.15, -0.1) is 0 Å². The predicted octanol–water partition coefficient (Wildman–Crippen LogP) is 1.43. The number of carbonyl (C=O) groups excluding carboxylic acids is 2. The van der Waals surface area contributed by atoms with Crippen LogP contribution >= 0.6 is 0 Å². The van der Waals surface area contributed by atoms with Crippen LogP contribution in [0.3, 0.4) is 0 Å². The molecule has 120 valence electrons. The number of primary amides is 2. The van der Waals surface area contributed by atoms with Crippen molar-refractivity contribution >= 4 is 11.8 Å². The Bertz CT molecular complexity index is 839. The minimum absolute atomic E-state index is 0.0541. The van der Waals surface area contributed by atoms with Gasteiger partial charge in [0.15, 0.2) is 0 Å². The lowest BCUT2D eigenvalue weighted by Gasteiger charge is -2.19. The molecule has 0 fully saturated rings. The Kier molecular flexibility index (Phi) is 4.31. The minimum atomic E-state index is -0.913. The lowest BCUT2D eigenvalue weighted by atomic mass is 9.99. The molecule has 1 heterocycles. The number of carbonyl (C=O) groups is 2. The Balaban J connectivity index is 2.96. The van der Waals surface area contributed by atoms with Crippen molar-refractivity contribution in [2.75, 3.05) is 0 Å². The summed E-state index contributed by atoms with van der Waals surface area (Å²) in [7, 11) is 0. The summed E-state index contributed by atoms with van der Waals surface area (Å²) in [5, 5.41) is 0. The number of halogens is 1. The van der Waals surface area contributed by atoms with Crippen molar-refractivity contribution in [2.45, 2.75) is 19.9 Å². The Morgan fingerprint density at radius 1 is 1.09 bits per heavy atom.